The molecule has 0 unspecified atom stereocenters. The molecule has 0 atom stereocenters. The van der Waals surface area contributed by atoms with Gasteiger partial charge in [0.2, 0.25) is 0 Å². The van der Waals surface area contributed by atoms with Crippen LogP contribution in [0.1, 0.15) is 5.56 Å². The molecule has 1 heterocycles. The number of hydrogen-bond acceptors (Lipinski definition) is 4. The van der Waals surface area contributed by atoms with E-state index in [0.29, 0.717) is 15.1 Å². The van der Waals surface area contributed by atoms with Crippen LogP contribution in [0, 0.1) is 0 Å². The number of carbonyl (C=O) groups is 3. The number of rotatable bonds is 2. The largest absolute Gasteiger partial charge is 0.507 e. The van der Waals surface area contributed by atoms with Crippen molar-refractivity contribution in [2.75, 3.05) is 4.90 Å². The maximum atomic E-state index is 12.7. The van der Waals surface area contributed by atoms with E-state index < -0.39 is 17.8 Å². The molecule has 2 aromatic rings. The van der Waals surface area contributed by atoms with Crippen molar-refractivity contribution in [1.29, 1.82) is 0 Å². The first-order valence-electron chi connectivity index (χ1n) is 7.02. The summed E-state index contributed by atoms with van der Waals surface area (Å²) < 4.78 is 0.413. The second-order valence-electron chi connectivity index (χ2n) is 5.15. The molecule has 1 aliphatic rings. The lowest BCUT2D eigenvalue weighted by Gasteiger charge is -2.26. The Bertz CT molecular complexity index is 925. The predicted octanol–water partition coefficient (Wildman–Crippen LogP) is 3.47. The van der Waals surface area contributed by atoms with Gasteiger partial charge in [-0.1, -0.05) is 17.7 Å². The highest BCUT2D eigenvalue weighted by molar-refractivity contribution is 9.10. The van der Waals surface area contributed by atoms with Crippen LogP contribution in [0.3, 0.4) is 0 Å². The number of anilines is 1. The summed E-state index contributed by atoms with van der Waals surface area (Å²) in [6.45, 7) is 0. The summed E-state index contributed by atoms with van der Waals surface area (Å²) in [6, 6.07) is 9.76. The Morgan fingerprint density at radius 1 is 1.08 bits per heavy atom. The number of barbiturate groups is 1. The lowest BCUT2D eigenvalue weighted by molar-refractivity contribution is -0.122. The van der Waals surface area contributed by atoms with E-state index in [1.807, 2.05) is 0 Å². The van der Waals surface area contributed by atoms with Gasteiger partial charge in [-0.2, -0.15) is 0 Å². The van der Waals surface area contributed by atoms with Gasteiger partial charge in [-0.15, -0.1) is 0 Å². The van der Waals surface area contributed by atoms with Crippen molar-refractivity contribution in [3.05, 3.63) is 63.1 Å². The lowest BCUT2D eigenvalue weighted by Crippen LogP contribution is -2.54. The Balaban J connectivity index is 2.01. The van der Waals surface area contributed by atoms with Gasteiger partial charge >= 0.3 is 6.03 Å². The number of nitrogens with zero attached hydrogens (tertiary/aromatic N) is 1. The third kappa shape index (κ3) is 3.42. The van der Waals surface area contributed by atoms with E-state index >= 15 is 0 Å². The number of nitrogens with one attached hydrogen (secondary N) is 1. The second kappa shape index (κ2) is 6.70. The van der Waals surface area contributed by atoms with E-state index in [9.17, 15) is 19.5 Å². The van der Waals surface area contributed by atoms with Crippen molar-refractivity contribution in [3.63, 3.8) is 0 Å². The summed E-state index contributed by atoms with van der Waals surface area (Å²) in [5.41, 5.74) is 0.595. The Morgan fingerprint density at radius 2 is 1.76 bits per heavy atom. The number of amides is 4. The van der Waals surface area contributed by atoms with Crippen molar-refractivity contribution >= 4 is 57.1 Å². The Hall–Kier alpha value is -2.64. The quantitative estimate of drug-likeness (QED) is 0.574. The van der Waals surface area contributed by atoms with Gasteiger partial charge in [0.05, 0.1) is 10.2 Å². The van der Waals surface area contributed by atoms with E-state index in [2.05, 4.69) is 21.2 Å². The molecular formula is C17H10BrClN2O4. The van der Waals surface area contributed by atoms with E-state index in [-0.39, 0.29) is 17.0 Å². The van der Waals surface area contributed by atoms with E-state index in [1.54, 1.807) is 6.07 Å². The smallest absolute Gasteiger partial charge is 0.335 e. The molecule has 2 aromatic carbocycles. The highest BCUT2D eigenvalue weighted by Gasteiger charge is 2.36. The predicted molar refractivity (Wildman–Crippen MR) is 96.3 cm³/mol. The van der Waals surface area contributed by atoms with Crippen molar-refractivity contribution < 1.29 is 19.5 Å². The fraction of sp³-hybridized carbons (Fsp3) is 0. The zero-order chi connectivity index (χ0) is 18.1. The third-order valence-electron chi connectivity index (χ3n) is 3.47. The van der Waals surface area contributed by atoms with E-state index in [1.165, 1.54) is 42.5 Å². The van der Waals surface area contributed by atoms with E-state index in [0.717, 1.165) is 4.90 Å². The van der Waals surface area contributed by atoms with Gasteiger partial charge in [-0.05, 0) is 64.0 Å². The van der Waals surface area contributed by atoms with Crippen LogP contribution in [0.15, 0.2) is 52.5 Å². The van der Waals surface area contributed by atoms with Gasteiger partial charge in [-0.3, -0.25) is 14.9 Å². The molecule has 1 saturated heterocycles. The van der Waals surface area contributed by atoms with Crippen molar-refractivity contribution in [2.24, 2.45) is 0 Å². The average molecular weight is 422 g/mol. The zero-order valence-electron chi connectivity index (χ0n) is 12.5. The van der Waals surface area contributed by atoms with Gasteiger partial charge in [0.15, 0.2) is 0 Å². The van der Waals surface area contributed by atoms with Crippen molar-refractivity contribution in [1.82, 2.24) is 5.32 Å². The normalized spacial score (nSPS) is 16.3. The molecule has 126 valence electrons. The number of phenols is 1. The third-order valence-corrected chi connectivity index (χ3v) is 4.36. The number of halogens is 2. The first-order chi connectivity index (χ1) is 11.9. The number of phenolic OH excluding ortho intramolecular Hbond substituents is 1. The zero-order valence-corrected chi connectivity index (χ0v) is 14.8. The fourth-order valence-electron chi connectivity index (χ4n) is 2.26. The summed E-state index contributed by atoms with van der Waals surface area (Å²) in [7, 11) is 0. The van der Waals surface area contributed by atoms with Crippen LogP contribution in [0.4, 0.5) is 10.5 Å². The maximum Gasteiger partial charge on any atom is 0.335 e. The molecule has 6 nitrogen and oxygen atoms in total. The van der Waals surface area contributed by atoms with Crippen LogP contribution in [-0.4, -0.2) is 23.0 Å². The number of hydrogen-bond donors (Lipinski definition) is 2. The minimum absolute atomic E-state index is 0.0274. The highest BCUT2D eigenvalue weighted by atomic mass is 79.9. The van der Waals surface area contributed by atoms with Crippen molar-refractivity contribution in [2.45, 2.75) is 0 Å². The van der Waals surface area contributed by atoms with Gasteiger partial charge in [0.1, 0.15) is 11.3 Å². The number of urea groups is 1. The van der Waals surface area contributed by atoms with Crippen LogP contribution >= 0.6 is 27.5 Å². The number of benzene rings is 2. The monoisotopic (exact) mass is 420 g/mol. The SMILES string of the molecule is O=C1NC(=O)N(c2ccc(Cl)cc2)C(=O)/C1=C/c1ccc(O)c(Br)c1. The van der Waals surface area contributed by atoms with Crippen LogP contribution in [-0.2, 0) is 9.59 Å². The molecule has 3 rings (SSSR count). The Labute approximate surface area is 155 Å². The van der Waals surface area contributed by atoms with E-state index in [4.69, 9.17) is 11.6 Å². The number of aromatic hydroxyl groups is 1. The van der Waals surface area contributed by atoms with Crippen LogP contribution in [0.5, 0.6) is 5.75 Å². The molecule has 8 heteroatoms. The minimum atomic E-state index is -0.832. The lowest BCUT2D eigenvalue weighted by atomic mass is 10.1. The minimum Gasteiger partial charge on any atom is -0.507 e. The molecule has 0 aromatic heterocycles. The highest BCUT2D eigenvalue weighted by Crippen LogP contribution is 2.27. The van der Waals surface area contributed by atoms with Crippen LogP contribution in [0.25, 0.3) is 6.08 Å². The van der Waals surface area contributed by atoms with Crippen LogP contribution in [0.2, 0.25) is 5.02 Å². The molecule has 4 amide bonds. The molecule has 0 spiro atoms. The molecule has 2 N–H and O–H groups in total. The first-order valence-corrected chi connectivity index (χ1v) is 8.19. The number of imide groups is 2. The summed E-state index contributed by atoms with van der Waals surface area (Å²) in [5, 5.41) is 12.1. The van der Waals surface area contributed by atoms with Gasteiger partial charge in [0, 0.05) is 5.02 Å². The summed E-state index contributed by atoms with van der Waals surface area (Å²) in [6.07, 6.45) is 1.34. The average Bonchev–Trinajstić information content (AvgIpc) is 2.56. The van der Waals surface area contributed by atoms with Crippen LogP contribution < -0.4 is 10.2 Å². The first kappa shape index (κ1) is 17.2. The topological polar surface area (TPSA) is 86.7 Å². The fourth-order valence-corrected chi connectivity index (χ4v) is 2.78. The molecule has 25 heavy (non-hydrogen) atoms. The molecule has 0 bridgehead atoms. The molecule has 1 fully saturated rings. The molecule has 0 aliphatic carbocycles. The molecule has 0 radical (unpaired) electrons. The van der Waals surface area contributed by atoms with Gasteiger partial charge in [0.25, 0.3) is 11.8 Å². The molecule has 1 aliphatic heterocycles. The molecule has 0 saturated carbocycles. The summed E-state index contributed by atoms with van der Waals surface area (Å²) >= 11 is 8.98. The standard InChI is InChI=1S/C17H10BrClN2O4/c18-13-8-9(1-6-14(13)22)7-12-15(23)20-17(25)21(16(12)24)11-4-2-10(19)3-5-11/h1-8,22H,(H,20,23,25)/b12-7+. The molecular weight excluding hydrogens is 412 g/mol. The van der Waals surface area contributed by atoms with Crippen molar-refractivity contribution in [3.8, 4) is 5.75 Å². The number of carbonyl (C=O) groups excluding carboxylic acids is 3. The maximum absolute atomic E-state index is 12.7. The van der Waals surface area contributed by atoms with Gasteiger partial charge < -0.3 is 5.11 Å². The Kier molecular flexibility index (Phi) is 4.61. The summed E-state index contributed by atoms with van der Waals surface area (Å²) in [5.74, 6) is -1.51. The Morgan fingerprint density at radius 3 is 2.40 bits per heavy atom. The van der Waals surface area contributed by atoms with Gasteiger partial charge in [-0.25, -0.2) is 9.69 Å². The second-order valence-corrected chi connectivity index (χ2v) is 6.44. The summed E-state index contributed by atoms with van der Waals surface area (Å²) in [4.78, 5) is 37.7.